The first kappa shape index (κ1) is 16.2. The third-order valence-corrected chi connectivity index (χ3v) is 5.30. The monoisotopic (exact) mass is 320 g/mol. The lowest BCUT2D eigenvalue weighted by atomic mass is 9.57. The predicted molar refractivity (Wildman–Crippen MR) is 89.1 cm³/mol. The summed E-state index contributed by atoms with van der Waals surface area (Å²) in [5, 5.41) is 15.2. The maximum absolute atomic E-state index is 5.86. The number of nitrogens with zero attached hydrogens (tertiary/aromatic N) is 4. The van der Waals surface area contributed by atoms with Crippen molar-refractivity contribution in [1.82, 2.24) is 25.4 Å². The largest absolute Gasteiger partial charge is 0.377 e. The summed E-state index contributed by atoms with van der Waals surface area (Å²) in [7, 11) is 1.97. The first-order valence-electron chi connectivity index (χ1n) is 8.46. The first-order chi connectivity index (χ1) is 10.9. The number of hydrogen-bond acceptors (Lipinski definition) is 4. The number of ether oxygens (including phenoxy) is 1. The Morgan fingerprint density at radius 2 is 2.22 bits per heavy atom. The van der Waals surface area contributed by atoms with Crippen molar-refractivity contribution < 1.29 is 4.74 Å². The van der Waals surface area contributed by atoms with Gasteiger partial charge in [-0.3, -0.25) is 0 Å². The zero-order valence-corrected chi connectivity index (χ0v) is 14.8. The summed E-state index contributed by atoms with van der Waals surface area (Å²) < 4.78 is 7.84. The Labute approximate surface area is 137 Å². The van der Waals surface area contributed by atoms with Crippen LogP contribution in [-0.4, -0.2) is 46.0 Å². The number of fused-ring (bicyclic) bond motifs is 1. The highest BCUT2D eigenvalue weighted by molar-refractivity contribution is 5.80. The van der Waals surface area contributed by atoms with Gasteiger partial charge in [-0.15, -0.1) is 10.2 Å². The minimum absolute atomic E-state index is 0.138. The van der Waals surface area contributed by atoms with Gasteiger partial charge in [0.2, 0.25) is 0 Å². The van der Waals surface area contributed by atoms with E-state index in [2.05, 4.69) is 46.6 Å². The van der Waals surface area contributed by atoms with E-state index in [4.69, 9.17) is 4.74 Å². The van der Waals surface area contributed by atoms with Gasteiger partial charge in [-0.1, -0.05) is 13.8 Å². The minimum atomic E-state index is 0.138. The Balaban J connectivity index is 1.69. The van der Waals surface area contributed by atoms with Crippen molar-refractivity contribution in [2.24, 2.45) is 23.4 Å². The predicted octanol–water partition coefficient (Wildman–Crippen LogP) is 0.992. The van der Waals surface area contributed by atoms with Gasteiger partial charge in [-0.25, -0.2) is 4.99 Å². The van der Waals surface area contributed by atoms with E-state index in [0.29, 0.717) is 24.6 Å². The second-order valence-electron chi connectivity index (χ2n) is 7.10. The van der Waals surface area contributed by atoms with Crippen LogP contribution in [0.3, 0.4) is 0 Å². The topological polar surface area (TPSA) is 76.4 Å². The Kier molecular flexibility index (Phi) is 4.31. The summed E-state index contributed by atoms with van der Waals surface area (Å²) in [5.74, 6) is 3.20. The van der Waals surface area contributed by atoms with E-state index >= 15 is 0 Å². The summed E-state index contributed by atoms with van der Waals surface area (Å²) in [6.45, 7) is 10.8. The molecule has 0 radical (unpaired) electrons. The summed E-state index contributed by atoms with van der Waals surface area (Å²) in [6.07, 6.45) is 1.51. The van der Waals surface area contributed by atoms with Gasteiger partial charge in [-0.2, -0.15) is 0 Å². The number of hydrogen-bond donors (Lipinski definition) is 2. The molecule has 128 valence electrons. The molecule has 2 fully saturated rings. The summed E-state index contributed by atoms with van der Waals surface area (Å²) in [4.78, 5) is 4.69. The molecule has 1 aliphatic carbocycles. The minimum Gasteiger partial charge on any atom is -0.377 e. The second-order valence-corrected chi connectivity index (χ2v) is 7.10. The molecular weight excluding hydrogens is 292 g/mol. The van der Waals surface area contributed by atoms with Gasteiger partial charge < -0.3 is 19.9 Å². The van der Waals surface area contributed by atoms with E-state index in [1.54, 1.807) is 0 Å². The molecule has 1 aliphatic heterocycles. The highest BCUT2D eigenvalue weighted by atomic mass is 16.5. The standard InChI is InChI=1S/C16H28N6O/c1-6-17-15(18-9-12-21-20-10(2)22(12)5)19-13-11-7-8-23-14(11)16(13,3)4/h11,13-14H,6-9H2,1-5H3,(H2,17,18,19). The number of guanidine groups is 1. The van der Waals surface area contributed by atoms with Crippen LogP contribution in [0.4, 0.5) is 0 Å². The van der Waals surface area contributed by atoms with Gasteiger partial charge in [0.1, 0.15) is 12.4 Å². The molecule has 0 aromatic carbocycles. The van der Waals surface area contributed by atoms with E-state index in [1.165, 1.54) is 0 Å². The van der Waals surface area contributed by atoms with Crippen LogP contribution in [-0.2, 0) is 18.3 Å². The van der Waals surface area contributed by atoms with Crippen molar-refractivity contribution in [3.05, 3.63) is 11.6 Å². The van der Waals surface area contributed by atoms with Crippen molar-refractivity contribution in [2.75, 3.05) is 13.2 Å². The smallest absolute Gasteiger partial charge is 0.191 e. The van der Waals surface area contributed by atoms with Crippen molar-refractivity contribution in [3.63, 3.8) is 0 Å². The molecule has 3 unspecified atom stereocenters. The molecule has 0 bridgehead atoms. The molecule has 3 rings (SSSR count). The molecule has 3 atom stereocenters. The van der Waals surface area contributed by atoms with Crippen LogP contribution in [0.1, 0.15) is 38.8 Å². The Morgan fingerprint density at radius 3 is 2.87 bits per heavy atom. The van der Waals surface area contributed by atoms with E-state index in [9.17, 15) is 0 Å². The molecule has 1 aromatic rings. The van der Waals surface area contributed by atoms with E-state index < -0.39 is 0 Å². The average Bonchev–Trinajstić information content (AvgIpc) is 3.09. The van der Waals surface area contributed by atoms with Crippen LogP contribution >= 0.6 is 0 Å². The number of aliphatic imine (C=N–C) groups is 1. The van der Waals surface area contributed by atoms with Gasteiger partial charge in [0.15, 0.2) is 11.8 Å². The Morgan fingerprint density at radius 1 is 1.43 bits per heavy atom. The van der Waals surface area contributed by atoms with Crippen molar-refractivity contribution >= 4 is 5.96 Å². The van der Waals surface area contributed by atoms with E-state index in [-0.39, 0.29) is 5.41 Å². The lowest BCUT2D eigenvalue weighted by Crippen LogP contribution is -2.67. The molecule has 7 nitrogen and oxygen atoms in total. The van der Waals surface area contributed by atoms with Gasteiger partial charge in [0.05, 0.1) is 6.10 Å². The van der Waals surface area contributed by atoms with Crippen molar-refractivity contribution in [1.29, 1.82) is 0 Å². The van der Waals surface area contributed by atoms with Crippen LogP contribution in [0, 0.1) is 18.3 Å². The van der Waals surface area contributed by atoms with E-state index in [0.717, 1.165) is 37.2 Å². The fourth-order valence-electron chi connectivity index (χ4n) is 3.82. The van der Waals surface area contributed by atoms with Gasteiger partial charge in [-0.05, 0) is 20.3 Å². The maximum Gasteiger partial charge on any atom is 0.191 e. The van der Waals surface area contributed by atoms with E-state index in [1.807, 2.05) is 18.5 Å². The van der Waals surface area contributed by atoms with Crippen molar-refractivity contribution in [2.45, 2.75) is 52.8 Å². The average molecular weight is 320 g/mol. The van der Waals surface area contributed by atoms with Gasteiger partial charge >= 0.3 is 0 Å². The fourth-order valence-corrected chi connectivity index (χ4v) is 3.82. The zero-order valence-electron chi connectivity index (χ0n) is 14.8. The summed E-state index contributed by atoms with van der Waals surface area (Å²) >= 11 is 0. The van der Waals surface area contributed by atoms with Crippen LogP contribution in [0.15, 0.2) is 4.99 Å². The summed E-state index contributed by atoms with van der Waals surface area (Å²) in [6, 6.07) is 0.397. The van der Waals surface area contributed by atoms with Crippen LogP contribution in [0.5, 0.6) is 0 Å². The zero-order chi connectivity index (χ0) is 16.6. The Bertz CT molecular complexity index is 593. The molecular formula is C16H28N6O. The lowest BCUT2D eigenvalue weighted by Gasteiger charge is -2.54. The van der Waals surface area contributed by atoms with Crippen LogP contribution in [0.25, 0.3) is 0 Å². The quantitative estimate of drug-likeness (QED) is 0.639. The normalized spacial score (nSPS) is 29.1. The number of aromatic nitrogens is 3. The molecule has 2 N–H and O–H groups in total. The van der Waals surface area contributed by atoms with Crippen LogP contribution < -0.4 is 10.6 Å². The molecule has 2 heterocycles. The summed E-state index contributed by atoms with van der Waals surface area (Å²) in [5.41, 5.74) is 0.138. The first-order valence-corrected chi connectivity index (χ1v) is 8.46. The second kappa shape index (κ2) is 6.11. The molecule has 23 heavy (non-hydrogen) atoms. The maximum atomic E-state index is 5.86. The highest BCUT2D eigenvalue weighted by Crippen LogP contribution is 2.52. The van der Waals surface area contributed by atoms with Gasteiger partial charge in [0, 0.05) is 37.6 Å². The molecule has 0 spiro atoms. The van der Waals surface area contributed by atoms with Gasteiger partial charge in [0.25, 0.3) is 0 Å². The fraction of sp³-hybridized carbons (Fsp3) is 0.812. The molecule has 7 heteroatoms. The third-order valence-electron chi connectivity index (χ3n) is 5.30. The molecule has 1 saturated heterocycles. The van der Waals surface area contributed by atoms with Crippen LogP contribution in [0.2, 0.25) is 0 Å². The molecule has 2 aliphatic rings. The number of aryl methyl sites for hydroxylation is 1. The third kappa shape index (κ3) is 2.82. The highest BCUT2D eigenvalue weighted by Gasteiger charge is 2.59. The Hall–Kier alpha value is -1.63. The SMILES string of the molecule is CCNC(=NCc1nnc(C)n1C)NC1C2CCOC2C1(C)C. The molecule has 1 aromatic heterocycles. The van der Waals surface area contributed by atoms with Crippen molar-refractivity contribution in [3.8, 4) is 0 Å². The lowest BCUT2D eigenvalue weighted by molar-refractivity contribution is -0.106. The molecule has 0 amide bonds. The molecule has 1 saturated carbocycles. The number of nitrogens with one attached hydrogen (secondary N) is 2. The number of rotatable bonds is 4.